The van der Waals surface area contributed by atoms with Gasteiger partial charge in [0.15, 0.2) is 5.82 Å². The van der Waals surface area contributed by atoms with Crippen LogP contribution in [0.15, 0.2) is 72.8 Å². The largest absolute Gasteiger partial charge is 0.319 e. The van der Waals surface area contributed by atoms with Crippen molar-refractivity contribution >= 4 is 23.2 Å². The van der Waals surface area contributed by atoms with Crippen LogP contribution in [0.1, 0.15) is 21.7 Å². The van der Waals surface area contributed by atoms with E-state index in [1.807, 2.05) is 86.6 Å². The zero-order valence-corrected chi connectivity index (χ0v) is 16.8. The van der Waals surface area contributed by atoms with Crippen molar-refractivity contribution in [2.45, 2.75) is 13.8 Å². The van der Waals surface area contributed by atoms with Crippen molar-refractivity contribution in [3.63, 3.8) is 0 Å². The predicted octanol–water partition coefficient (Wildman–Crippen LogP) is 5.46. The quantitative estimate of drug-likeness (QED) is 0.493. The summed E-state index contributed by atoms with van der Waals surface area (Å²) in [7, 11) is 0. The Morgan fingerprint density at radius 2 is 1.76 bits per heavy atom. The topological polar surface area (TPSA) is 59.8 Å². The molecule has 1 heterocycles. The number of anilines is 1. The number of aromatic nitrogens is 3. The fourth-order valence-electron chi connectivity index (χ4n) is 3.07. The van der Waals surface area contributed by atoms with Gasteiger partial charge in [0, 0.05) is 16.3 Å². The smallest absolute Gasteiger partial charge is 0.295 e. The standard InChI is InChI=1S/C23H19ClN4O/c1-15-7-6-10-19(13-15)25-23(29)21-26-22(17-8-4-3-5-9-17)28(27-21)20-14-18(24)12-11-16(20)2/h3-14H,1-2H3,(H,25,29). The highest BCUT2D eigenvalue weighted by molar-refractivity contribution is 6.30. The maximum Gasteiger partial charge on any atom is 0.295 e. The number of rotatable bonds is 4. The first-order chi connectivity index (χ1) is 14.0. The predicted molar refractivity (Wildman–Crippen MR) is 116 cm³/mol. The Kier molecular flexibility index (Phi) is 5.14. The number of benzene rings is 3. The number of carbonyl (C=O) groups excluding carboxylic acids is 1. The van der Waals surface area contributed by atoms with Gasteiger partial charge < -0.3 is 5.32 Å². The molecule has 5 nitrogen and oxygen atoms in total. The molecule has 1 N–H and O–H groups in total. The van der Waals surface area contributed by atoms with Crippen LogP contribution in [0.5, 0.6) is 0 Å². The highest BCUT2D eigenvalue weighted by Crippen LogP contribution is 2.25. The Morgan fingerprint density at radius 1 is 0.966 bits per heavy atom. The summed E-state index contributed by atoms with van der Waals surface area (Å²) in [5.41, 5.74) is 4.36. The fraction of sp³-hybridized carbons (Fsp3) is 0.0870. The average molecular weight is 403 g/mol. The minimum Gasteiger partial charge on any atom is -0.319 e. The third kappa shape index (κ3) is 4.05. The van der Waals surface area contributed by atoms with Gasteiger partial charge in [0.25, 0.3) is 5.91 Å². The molecule has 0 atom stereocenters. The molecule has 0 aliphatic heterocycles. The molecule has 0 aliphatic carbocycles. The highest BCUT2D eigenvalue weighted by atomic mass is 35.5. The van der Waals surface area contributed by atoms with Gasteiger partial charge in [-0.25, -0.2) is 9.67 Å². The first-order valence-electron chi connectivity index (χ1n) is 9.18. The molecule has 1 aromatic heterocycles. The summed E-state index contributed by atoms with van der Waals surface area (Å²) in [6.07, 6.45) is 0. The van der Waals surface area contributed by atoms with Crippen molar-refractivity contribution < 1.29 is 4.79 Å². The first-order valence-corrected chi connectivity index (χ1v) is 9.56. The second-order valence-electron chi connectivity index (χ2n) is 6.79. The van der Waals surface area contributed by atoms with Crippen molar-refractivity contribution in [3.05, 3.63) is 94.8 Å². The summed E-state index contributed by atoms with van der Waals surface area (Å²) < 4.78 is 1.67. The van der Waals surface area contributed by atoms with E-state index in [2.05, 4.69) is 15.4 Å². The molecule has 144 valence electrons. The highest BCUT2D eigenvalue weighted by Gasteiger charge is 2.20. The molecule has 1 amide bonds. The molecule has 4 aromatic rings. The molecule has 3 aromatic carbocycles. The van der Waals surface area contributed by atoms with E-state index in [9.17, 15) is 4.79 Å². The van der Waals surface area contributed by atoms with Crippen LogP contribution in [0.2, 0.25) is 5.02 Å². The van der Waals surface area contributed by atoms with Crippen LogP contribution in [0.3, 0.4) is 0 Å². The van der Waals surface area contributed by atoms with Gasteiger partial charge in [-0.1, -0.05) is 60.1 Å². The first kappa shape index (κ1) is 18.9. The normalized spacial score (nSPS) is 10.7. The average Bonchev–Trinajstić information content (AvgIpc) is 3.16. The zero-order chi connectivity index (χ0) is 20.4. The van der Waals surface area contributed by atoms with Crippen LogP contribution in [0.4, 0.5) is 5.69 Å². The molecular formula is C23H19ClN4O. The fourth-order valence-corrected chi connectivity index (χ4v) is 3.24. The minimum atomic E-state index is -0.369. The van der Waals surface area contributed by atoms with Crippen LogP contribution in [-0.4, -0.2) is 20.7 Å². The lowest BCUT2D eigenvalue weighted by molar-refractivity contribution is 0.101. The van der Waals surface area contributed by atoms with Crippen LogP contribution in [-0.2, 0) is 0 Å². The Bertz CT molecular complexity index is 1180. The number of nitrogens with zero attached hydrogens (tertiary/aromatic N) is 3. The van der Waals surface area contributed by atoms with E-state index < -0.39 is 0 Å². The van der Waals surface area contributed by atoms with E-state index in [-0.39, 0.29) is 11.7 Å². The number of aryl methyl sites for hydroxylation is 2. The number of amides is 1. The molecule has 0 aliphatic rings. The van der Waals surface area contributed by atoms with Crippen molar-refractivity contribution in [1.29, 1.82) is 0 Å². The van der Waals surface area contributed by atoms with Gasteiger partial charge in [-0.3, -0.25) is 4.79 Å². The Labute approximate surface area is 174 Å². The maximum atomic E-state index is 12.8. The molecule has 0 saturated heterocycles. The molecule has 0 spiro atoms. The number of hydrogen-bond donors (Lipinski definition) is 1. The zero-order valence-electron chi connectivity index (χ0n) is 16.1. The summed E-state index contributed by atoms with van der Waals surface area (Å²) >= 11 is 6.22. The molecule has 0 fully saturated rings. The molecular weight excluding hydrogens is 384 g/mol. The van der Waals surface area contributed by atoms with E-state index in [1.54, 1.807) is 4.68 Å². The van der Waals surface area contributed by atoms with E-state index in [4.69, 9.17) is 11.6 Å². The molecule has 0 radical (unpaired) electrons. The Hall–Kier alpha value is -3.44. The number of carbonyl (C=O) groups is 1. The number of hydrogen-bond acceptors (Lipinski definition) is 3. The molecule has 29 heavy (non-hydrogen) atoms. The molecule has 0 bridgehead atoms. The molecule has 0 unspecified atom stereocenters. The number of nitrogens with one attached hydrogen (secondary N) is 1. The van der Waals surface area contributed by atoms with Crippen molar-refractivity contribution in [2.75, 3.05) is 5.32 Å². The molecule has 0 saturated carbocycles. The lowest BCUT2D eigenvalue weighted by Gasteiger charge is -2.09. The van der Waals surface area contributed by atoms with Crippen molar-refractivity contribution in [3.8, 4) is 17.1 Å². The van der Waals surface area contributed by atoms with Gasteiger partial charge in [0.2, 0.25) is 5.82 Å². The van der Waals surface area contributed by atoms with Gasteiger partial charge >= 0.3 is 0 Å². The van der Waals surface area contributed by atoms with E-state index in [1.165, 1.54) is 0 Å². The number of halogens is 1. The summed E-state index contributed by atoms with van der Waals surface area (Å²) in [6, 6.07) is 22.8. The SMILES string of the molecule is Cc1cccc(NC(=O)c2nc(-c3ccccc3)n(-c3cc(Cl)ccc3C)n2)c1. The second kappa shape index (κ2) is 7.89. The summed E-state index contributed by atoms with van der Waals surface area (Å²) in [5, 5.41) is 7.97. The van der Waals surface area contributed by atoms with Gasteiger partial charge in [0.1, 0.15) is 0 Å². The summed E-state index contributed by atoms with van der Waals surface area (Å²) in [5.74, 6) is 0.293. The van der Waals surface area contributed by atoms with Gasteiger partial charge in [-0.05, 0) is 49.2 Å². The van der Waals surface area contributed by atoms with E-state index >= 15 is 0 Å². The van der Waals surface area contributed by atoms with Gasteiger partial charge in [0.05, 0.1) is 5.69 Å². The summed E-state index contributed by atoms with van der Waals surface area (Å²) in [6.45, 7) is 3.94. The Balaban J connectivity index is 1.79. The van der Waals surface area contributed by atoms with Gasteiger partial charge in [-0.2, -0.15) is 0 Å². The molecule has 6 heteroatoms. The summed E-state index contributed by atoms with van der Waals surface area (Å²) in [4.78, 5) is 17.4. The van der Waals surface area contributed by atoms with Crippen LogP contribution >= 0.6 is 11.6 Å². The van der Waals surface area contributed by atoms with Crippen molar-refractivity contribution in [2.24, 2.45) is 0 Å². The third-order valence-corrected chi connectivity index (χ3v) is 4.75. The second-order valence-corrected chi connectivity index (χ2v) is 7.23. The monoisotopic (exact) mass is 402 g/mol. The lowest BCUT2D eigenvalue weighted by atomic mass is 10.2. The molecule has 4 rings (SSSR count). The van der Waals surface area contributed by atoms with Crippen LogP contribution in [0.25, 0.3) is 17.1 Å². The van der Waals surface area contributed by atoms with Crippen LogP contribution in [0, 0.1) is 13.8 Å². The van der Waals surface area contributed by atoms with E-state index in [0.29, 0.717) is 16.5 Å². The third-order valence-electron chi connectivity index (χ3n) is 4.52. The minimum absolute atomic E-state index is 0.0877. The van der Waals surface area contributed by atoms with Crippen molar-refractivity contribution in [1.82, 2.24) is 14.8 Å². The van der Waals surface area contributed by atoms with Gasteiger partial charge in [-0.15, -0.1) is 5.10 Å². The lowest BCUT2D eigenvalue weighted by Crippen LogP contribution is -2.14. The van der Waals surface area contributed by atoms with E-state index in [0.717, 1.165) is 22.4 Å². The maximum absolute atomic E-state index is 12.8. The van der Waals surface area contributed by atoms with Crippen LogP contribution < -0.4 is 5.32 Å². The Morgan fingerprint density at radius 3 is 2.52 bits per heavy atom.